The number of hydrogen-bond donors (Lipinski definition) is 2. The monoisotopic (exact) mass is 493 g/mol. The summed E-state index contributed by atoms with van der Waals surface area (Å²) in [6, 6.07) is 5.31. The Morgan fingerprint density at radius 1 is 1.26 bits per heavy atom. The van der Waals surface area contributed by atoms with Crippen molar-refractivity contribution in [3.8, 4) is 6.07 Å². The molecule has 4 rings (SSSR count). The quantitative estimate of drug-likeness (QED) is 0.594. The Labute approximate surface area is 202 Å². The molecule has 1 aromatic rings. The lowest BCUT2D eigenvalue weighted by molar-refractivity contribution is -0.137. The first-order valence-electron chi connectivity index (χ1n) is 11.9. The van der Waals surface area contributed by atoms with Crippen molar-refractivity contribution in [2.75, 3.05) is 51.3 Å². The summed E-state index contributed by atoms with van der Waals surface area (Å²) < 4.78 is 45.6. The Morgan fingerprint density at radius 3 is 2.57 bits per heavy atom. The molecule has 1 atom stereocenters. The van der Waals surface area contributed by atoms with Gasteiger partial charge in [-0.15, -0.1) is 0 Å². The molecule has 3 amide bonds. The number of likely N-dealkylation sites (tertiary alicyclic amines) is 1. The molecule has 3 aliphatic rings. The lowest BCUT2D eigenvalue weighted by atomic mass is 9.70. The molecule has 2 N–H and O–H groups in total. The van der Waals surface area contributed by atoms with Gasteiger partial charge in [-0.05, 0) is 43.9 Å². The predicted octanol–water partition coefficient (Wildman–Crippen LogP) is 2.73. The molecule has 11 heteroatoms. The number of anilines is 1. The van der Waals surface area contributed by atoms with Crippen molar-refractivity contribution in [2.24, 2.45) is 11.3 Å². The SMILES string of the molecule is COCCNC(=O)N1CCC2(CC1)CN(c1ccc(C#N)c(C(F)(F)F)c1)CC2C(=O)NC1CC1. The summed E-state index contributed by atoms with van der Waals surface area (Å²) in [6.07, 6.45) is -1.62. The number of ether oxygens (including phenoxy) is 1. The highest BCUT2D eigenvalue weighted by Gasteiger charge is 2.52. The molecule has 190 valence electrons. The van der Waals surface area contributed by atoms with Crippen molar-refractivity contribution in [2.45, 2.75) is 37.9 Å². The lowest BCUT2D eigenvalue weighted by Crippen LogP contribution is -2.52. The van der Waals surface area contributed by atoms with Crippen molar-refractivity contribution in [1.29, 1.82) is 5.26 Å². The molecule has 2 aliphatic heterocycles. The number of alkyl halides is 3. The van der Waals surface area contributed by atoms with E-state index in [1.165, 1.54) is 12.1 Å². The van der Waals surface area contributed by atoms with Crippen molar-refractivity contribution in [3.63, 3.8) is 0 Å². The second-order valence-electron chi connectivity index (χ2n) is 9.63. The van der Waals surface area contributed by atoms with Crippen LogP contribution in [0.4, 0.5) is 23.7 Å². The minimum absolute atomic E-state index is 0.0716. The Hall–Kier alpha value is -3.00. The maximum absolute atomic E-state index is 13.6. The molecule has 35 heavy (non-hydrogen) atoms. The minimum Gasteiger partial charge on any atom is -0.383 e. The van der Waals surface area contributed by atoms with Crippen LogP contribution in [0.2, 0.25) is 0 Å². The largest absolute Gasteiger partial charge is 0.417 e. The molecule has 1 saturated carbocycles. The van der Waals surface area contributed by atoms with Crippen molar-refractivity contribution in [3.05, 3.63) is 29.3 Å². The molecule has 1 unspecified atom stereocenters. The third kappa shape index (κ3) is 5.48. The number of nitriles is 1. The van der Waals surface area contributed by atoms with Gasteiger partial charge in [0, 0.05) is 57.0 Å². The molecule has 1 aliphatic carbocycles. The van der Waals surface area contributed by atoms with Crippen LogP contribution in [0.1, 0.15) is 36.8 Å². The summed E-state index contributed by atoms with van der Waals surface area (Å²) in [7, 11) is 1.56. The van der Waals surface area contributed by atoms with Gasteiger partial charge in [0.25, 0.3) is 0 Å². The summed E-state index contributed by atoms with van der Waals surface area (Å²) in [4.78, 5) is 29.2. The minimum atomic E-state index is -4.65. The fourth-order valence-corrected chi connectivity index (χ4v) is 5.15. The number of piperidine rings is 1. The fraction of sp³-hybridized carbons (Fsp3) is 0.625. The molecule has 1 aromatic carbocycles. The van der Waals surface area contributed by atoms with Gasteiger partial charge >= 0.3 is 12.2 Å². The van der Waals surface area contributed by atoms with Gasteiger partial charge in [-0.2, -0.15) is 18.4 Å². The van der Waals surface area contributed by atoms with Gasteiger partial charge in [0.2, 0.25) is 5.91 Å². The first-order valence-corrected chi connectivity index (χ1v) is 11.9. The number of hydrogen-bond acceptors (Lipinski definition) is 5. The topological polar surface area (TPSA) is 97.7 Å². The van der Waals surface area contributed by atoms with E-state index < -0.39 is 28.6 Å². The van der Waals surface area contributed by atoms with Crippen LogP contribution >= 0.6 is 0 Å². The number of methoxy groups -OCH3 is 1. The number of nitrogens with one attached hydrogen (secondary N) is 2. The molecule has 1 spiro atoms. The Bertz CT molecular complexity index is 997. The highest BCUT2D eigenvalue weighted by atomic mass is 19.4. The molecule has 0 radical (unpaired) electrons. The molecule has 0 aromatic heterocycles. The number of benzene rings is 1. The highest BCUT2D eigenvalue weighted by molar-refractivity contribution is 5.82. The third-order valence-corrected chi connectivity index (χ3v) is 7.31. The van der Waals surface area contributed by atoms with Gasteiger partial charge < -0.3 is 25.2 Å². The first-order chi connectivity index (χ1) is 16.7. The molecule has 3 fully saturated rings. The Morgan fingerprint density at radius 2 is 1.97 bits per heavy atom. The standard InChI is InChI=1S/C24H30F3N5O3/c1-35-11-8-29-22(34)31-9-6-23(7-10-31)15-32(14-20(23)21(33)30-17-3-4-17)18-5-2-16(13-28)19(12-18)24(25,26)27/h2,5,12,17,20H,3-4,6-11,14-15H2,1H3,(H,29,34)(H,30,33). The Balaban J connectivity index is 1.54. The van der Waals surface area contributed by atoms with E-state index >= 15 is 0 Å². The number of halogens is 3. The highest BCUT2D eigenvalue weighted by Crippen LogP contribution is 2.47. The summed E-state index contributed by atoms with van der Waals surface area (Å²) in [6.45, 7) is 2.44. The predicted molar refractivity (Wildman–Crippen MR) is 122 cm³/mol. The average molecular weight is 494 g/mol. The number of carbonyl (C=O) groups excluding carboxylic acids is 2. The van der Waals surface area contributed by atoms with E-state index in [0.29, 0.717) is 57.9 Å². The van der Waals surface area contributed by atoms with Crippen molar-refractivity contribution >= 4 is 17.6 Å². The van der Waals surface area contributed by atoms with E-state index in [4.69, 9.17) is 10.00 Å². The number of nitrogens with zero attached hydrogens (tertiary/aromatic N) is 3. The summed E-state index contributed by atoms with van der Waals surface area (Å²) in [5, 5.41) is 15.0. The van der Waals surface area contributed by atoms with Gasteiger partial charge in [0.05, 0.1) is 29.7 Å². The number of rotatable bonds is 6. The smallest absolute Gasteiger partial charge is 0.383 e. The Kier molecular flexibility index (Phi) is 7.12. The van der Waals surface area contributed by atoms with Gasteiger partial charge in [0.1, 0.15) is 0 Å². The second kappa shape index (κ2) is 9.93. The molecular weight excluding hydrogens is 463 g/mol. The zero-order valence-electron chi connectivity index (χ0n) is 19.7. The summed E-state index contributed by atoms with van der Waals surface area (Å²) >= 11 is 0. The van der Waals surface area contributed by atoms with Crippen LogP contribution in [0.3, 0.4) is 0 Å². The maximum atomic E-state index is 13.6. The second-order valence-corrected chi connectivity index (χ2v) is 9.63. The number of amides is 3. The van der Waals surface area contributed by atoms with Crippen LogP contribution in [0.5, 0.6) is 0 Å². The summed E-state index contributed by atoms with van der Waals surface area (Å²) in [5.41, 5.74) is -1.50. The molecular formula is C24H30F3N5O3. The van der Waals surface area contributed by atoms with Crippen LogP contribution in [0.15, 0.2) is 18.2 Å². The summed E-state index contributed by atoms with van der Waals surface area (Å²) in [5.74, 6) is -0.468. The van der Waals surface area contributed by atoms with E-state index in [9.17, 15) is 22.8 Å². The molecule has 0 bridgehead atoms. The van der Waals surface area contributed by atoms with E-state index in [1.807, 2.05) is 4.90 Å². The van der Waals surface area contributed by atoms with Crippen LogP contribution in [-0.4, -0.2) is 69.3 Å². The number of urea groups is 1. The zero-order chi connectivity index (χ0) is 25.2. The van der Waals surface area contributed by atoms with E-state index in [2.05, 4.69) is 10.6 Å². The lowest BCUT2D eigenvalue weighted by Gasteiger charge is -2.42. The van der Waals surface area contributed by atoms with Crippen molar-refractivity contribution in [1.82, 2.24) is 15.5 Å². The van der Waals surface area contributed by atoms with Crippen LogP contribution < -0.4 is 15.5 Å². The third-order valence-electron chi connectivity index (χ3n) is 7.31. The average Bonchev–Trinajstić information content (AvgIpc) is 3.57. The van der Waals surface area contributed by atoms with Crippen molar-refractivity contribution < 1.29 is 27.5 Å². The zero-order valence-corrected chi connectivity index (χ0v) is 19.7. The number of carbonyl (C=O) groups is 2. The maximum Gasteiger partial charge on any atom is 0.417 e. The van der Waals surface area contributed by atoms with Gasteiger partial charge in [0.15, 0.2) is 0 Å². The molecule has 2 saturated heterocycles. The van der Waals surface area contributed by atoms with Crippen LogP contribution in [0.25, 0.3) is 0 Å². The molecule has 2 heterocycles. The first kappa shape index (κ1) is 25.1. The fourth-order valence-electron chi connectivity index (χ4n) is 5.15. The van der Waals surface area contributed by atoms with Crippen LogP contribution in [0, 0.1) is 22.7 Å². The van der Waals surface area contributed by atoms with E-state index in [0.717, 1.165) is 18.9 Å². The molecule has 8 nitrogen and oxygen atoms in total. The van der Waals surface area contributed by atoms with E-state index in [1.54, 1.807) is 18.1 Å². The van der Waals surface area contributed by atoms with Gasteiger partial charge in [-0.25, -0.2) is 4.79 Å². The normalized spacial score (nSPS) is 21.6. The van der Waals surface area contributed by atoms with Gasteiger partial charge in [-0.3, -0.25) is 4.79 Å². The van der Waals surface area contributed by atoms with Gasteiger partial charge in [-0.1, -0.05) is 0 Å². The van der Waals surface area contributed by atoms with Crippen LogP contribution in [-0.2, 0) is 15.7 Å². The van der Waals surface area contributed by atoms with E-state index in [-0.39, 0.29) is 18.0 Å².